The van der Waals surface area contributed by atoms with Gasteiger partial charge in [0.2, 0.25) is 0 Å². The molecule has 5 nitrogen and oxygen atoms in total. The first-order valence-corrected chi connectivity index (χ1v) is 4.68. The number of aryl methyl sites for hydroxylation is 1. The smallest absolute Gasteiger partial charge is 0.359 e. The Morgan fingerprint density at radius 2 is 2.40 bits per heavy atom. The van der Waals surface area contributed by atoms with Crippen LogP contribution < -0.4 is 0 Å². The summed E-state index contributed by atoms with van der Waals surface area (Å²) in [6.45, 7) is 2.12. The van der Waals surface area contributed by atoms with Crippen LogP contribution in [0.2, 0.25) is 0 Å². The molecule has 0 aromatic carbocycles. The van der Waals surface area contributed by atoms with Gasteiger partial charge in [-0.3, -0.25) is 9.67 Å². The molecule has 0 amide bonds. The van der Waals surface area contributed by atoms with Gasteiger partial charge in [-0.05, 0) is 13.0 Å². The second-order valence-electron chi connectivity index (χ2n) is 3.09. The van der Waals surface area contributed by atoms with Crippen molar-refractivity contribution in [2.75, 3.05) is 6.61 Å². The van der Waals surface area contributed by atoms with Crippen LogP contribution in [0.3, 0.4) is 0 Å². The largest absolute Gasteiger partial charge is 0.461 e. The maximum atomic E-state index is 11.6. The number of esters is 1. The molecule has 78 valence electrons. The second-order valence-corrected chi connectivity index (χ2v) is 3.09. The summed E-state index contributed by atoms with van der Waals surface area (Å²) in [6, 6.07) is 1.76. The van der Waals surface area contributed by atoms with Crippen molar-refractivity contribution >= 4 is 16.9 Å². The molecule has 0 saturated carbocycles. The van der Waals surface area contributed by atoms with Gasteiger partial charge in [-0.25, -0.2) is 4.79 Å². The molecule has 0 saturated heterocycles. The fraction of sp³-hybridized carbons (Fsp3) is 0.300. The average Bonchev–Trinajstić information content (AvgIpc) is 2.58. The molecule has 0 fully saturated rings. The number of fused-ring (bicyclic) bond motifs is 1. The highest BCUT2D eigenvalue weighted by Crippen LogP contribution is 2.16. The third-order valence-electron chi connectivity index (χ3n) is 2.12. The molecule has 2 rings (SSSR count). The molecule has 0 atom stereocenters. The highest BCUT2D eigenvalue weighted by molar-refractivity contribution is 6.01. The monoisotopic (exact) mass is 205 g/mol. The standard InChI is InChI=1S/C10H11N3O2/c1-3-15-10(14)9-7-4-5-11-6-8(7)13(2)12-9/h4-6H,3H2,1-2H3. The number of carbonyl (C=O) groups is 1. The van der Waals surface area contributed by atoms with Gasteiger partial charge < -0.3 is 4.74 Å². The van der Waals surface area contributed by atoms with Crippen LogP contribution in [0.4, 0.5) is 0 Å². The Balaban J connectivity index is 2.57. The van der Waals surface area contributed by atoms with Gasteiger partial charge in [0.05, 0.1) is 18.3 Å². The molecule has 0 spiro atoms. The van der Waals surface area contributed by atoms with E-state index in [1.54, 1.807) is 37.1 Å². The molecular weight excluding hydrogens is 194 g/mol. The van der Waals surface area contributed by atoms with Gasteiger partial charge in [0.25, 0.3) is 0 Å². The lowest BCUT2D eigenvalue weighted by Crippen LogP contribution is -2.06. The summed E-state index contributed by atoms with van der Waals surface area (Å²) >= 11 is 0. The highest BCUT2D eigenvalue weighted by atomic mass is 16.5. The molecule has 2 aromatic heterocycles. The summed E-state index contributed by atoms with van der Waals surface area (Å²) < 4.78 is 6.53. The van der Waals surface area contributed by atoms with E-state index >= 15 is 0 Å². The first-order valence-electron chi connectivity index (χ1n) is 4.68. The van der Waals surface area contributed by atoms with Gasteiger partial charge in [0.1, 0.15) is 0 Å². The number of ether oxygens (including phenoxy) is 1. The van der Waals surface area contributed by atoms with E-state index in [9.17, 15) is 4.79 Å². The predicted molar refractivity (Wildman–Crippen MR) is 54.5 cm³/mol. The van der Waals surface area contributed by atoms with Gasteiger partial charge in [-0.2, -0.15) is 5.10 Å². The Morgan fingerprint density at radius 3 is 3.13 bits per heavy atom. The molecule has 0 bridgehead atoms. The molecular formula is C10H11N3O2. The van der Waals surface area contributed by atoms with E-state index in [-0.39, 0.29) is 0 Å². The Labute approximate surface area is 86.7 Å². The predicted octanol–water partition coefficient (Wildman–Crippen LogP) is 1.15. The fourth-order valence-corrected chi connectivity index (χ4v) is 1.45. The molecule has 0 aliphatic heterocycles. The summed E-state index contributed by atoms with van der Waals surface area (Å²) in [6.07, 6.45) is 3.30. The maximum Gasteiger partial charge on any atom is 0.359 e. The van der Waals surface area contributed by atoms with Gasteiger partial charge >= 0.3 is 5.97 Å². The summed E-state index contributed by atoms with van der Waals surface area (Å²) in [7, 11) is 1.77. The Bertz CT molecular complexity index is 504. The van der Waals surface area contributed by atoms with E-state index in [4.69, 9.17) is 4.74 Å². The van der Waals surface area contributed by atoms with E-state index < -0.39 is 5.97 Å². The fourth-order valence-electron chi connectivity index (χ4n) is 1.45. The van der Waals surface area contributed by atoms with Crippen LogP contribution in [0.25, 0.3) is 10.9 Å². The number of hydrogen-bond donors (Lipinski definition) is 0. The zero-order chi connectivity index (χ0) is 10.8. The third kappa shape index (κ3) is 1.56. The van der Waals surface area contributed by atoms with Gasteiger partial charge in [0.15, 0.2) is 5.69 Å². The first kappa shape index (κ1) is 9.64. The highest BCUT2D eigenvalue weighted by Gasteiger charge is 2.16. The minimum absolute atomic E-state index is 0.344. The van der Waals surface area contributed by atoms with Crippen LogP contribution in [0.5, 0.6) is 0 Å². The van der Waals surface area contributed by atoms with Crippen molar-refractivity contribution in [2.45, 2.75) is 6.92 Å². The van der Waals surface area contributed by atoms with Crippen LogP contribution >= 0.6 is 0 Å². The topological polar surface area (TPSA) is 57.0 Å². The molecule has 2 aromatic rings. The van der Waals surface area contributed by atoms with Crippen LogP contribution in [0, 0.1) is 0 Å². The Hall–Kier alpha value is -1.91. The first-order chi connectivity index (χ1) is 7.24. The lowest BCUT2D eigenvalue weighted by molar-refractivity contribution is 0.0521. The Kier molecular flexibility index (Phi) is 2.37. The van der Waals surface area contributed by atoms with Gasteiger partial charge in [0, 0.05) is 18.6 Å². The molecule has 0 aliphatic rings. The van der Waals surface area contributed by atoms with Crippen molar-refractivity contribution in [1.29, 1.82) is 0 Å². The van der Waals surface area contributed by atoms with E-state index in [0.29, 0.717) is 12.3 Å². The van der Waals surface area contributed by atoms with Crippen molar-refractivity contribution < 1.29 is 9.53 Å². The number of aromatic nitrogens is 3. The van der Waals surface area contributed by atoms with E-state index in [1.807, 2.05) is 0 Å². The third-order valence-corrected chi connectivity index (χ3v) is 2.12. The zero-order valence-corrected chi connectivity index (χ0v) is 8.60. The van der Waals surface area contributed by atoms with Gasteiger partial charge in [-0.1, -0.05) is 0 Å². The summed E-state index contributed by atoms with van der Waals surface area (Å²) in [4.78, 5) is 15.5. The molecule has 0 N–H and O–H groups in total. The van der Waals surface area contributed by atoms with E-state index in [1.165, 1.54) is 0 Å². The number of hydrogen-bond acceptors (Lipinski definition) is 4. The summed E-state index contributed by atoms with van der Waals surface area (Å²) in [5.41, 5.74) is 1.16. The number of pyridine rings is 1. The van der Waals surface area contributed by atoms with Crippen molar-refractivity contribution in [3.05, 3.63) is 24.2 Å². The van der Waals surface area contributed by atoms with Crippen LogP contribution in [0.15, 0.2) is 18.5 Å². The van der Waals surface area contributed by atoms with Crippen molar-refractivity contribution in [3.8, 4) is 0 Å². The van der Waals surface area contributed by atoms with Crippen molar-refractivity contribution in [2.24, 2.45) is 7.05 Å². The van der Waals surface area contributed by atoms with Crippen molar-refractivity contribution in [3.63, 3.8) is 0 Å². The molecule has 0 aliphatic carbocycles. The van der Waals surface area contributed by atoms with E-state index in [2.05, 4.69) is 10.1 Å². The Morgan fingerprint density at radius 1 is 1.60 bits per heavy atom. The van der Waals surface area contributed by atoms with E-state index in [0.717, 1.165) is 10.9 Å². The molecule has 0 unspecified atom stereocenters. The average molecular weight is 205 g/mol. The normalized spacial score (nSPS) is 10.5. The lowest BCUT2D eigenvalue weighted by atomic mass is 10.2. The zero-order valence-electron chi connectivity index (χ0n) is 8.60. The number of rotatable bonds is 2. The number of nitrogens with zero attached hydrogens (tertiary/aromatic N) is 3. The molecule has 5 heteroatoms. The minimum atomic E-state index is -0.394. The maximum absolute atomic E-state index is 11.6. The molecule has 2 heterocycles. The molecule has 0 radical (unpaired) electrons. The minimum Gasteiger partial charge on any atom is -0.461 e. The van der Waals surface area contributed by atoms with Crippen LogP contribution in [-0.2, 0) is 11.8 Å². The SMILES string of the molecule is CCOC(=O)c1nn(C)c2cnccc12. The second kappa shape index (κ2) is 3.68. The lowest BCUT2D eigenvalue weighted by Gasteiger charge is -1.97. The summed E-state index contributed by atoms with van der Waals surface area (Å²) in [5.74, 6) is -0.394. The quantitative estimate of drug-likeness (QED) is 0.690. The number of carbonyl (C=O) groups excluding carboxylic acids is 1. The molecule has 15 heavy (non-hydrogen) atoms. The van der Waals surface area contributed by atoms with Crippen LogP contribution in [0.1, 0.15) is 17.4 Å². The summed E-state index contributed by atoms with van der Waals surface area (Å²) in [5, 5.41) is 4.88. The van der Waals surface area contributed by atoms with Crippen LogP contribution in [-0.4, -0.2) is 27.3 Å². The van der Waals surface area contributed by atoms with Crippen molar-refractivity contribution in [1.82, 2.24) is 14.8 Å². The van der Waals surface area contributed by atoms with Gasteiger partial charge in [-0.15, -0.1) is 0 Å².